The Hall–Kier alpha value is -2.12. The Balaban J connectivity index is 1.61. The number of aryl methyl sites for hydroxylation is 3. The van der Waals surface area contributed by atoms with Crippen LogP contribution in [0.15, 0.2) is 10.5 Å². The highest BCUT2D eigenvalue weighted by atomic mass is 16.5. The number of aromatic nitrogens is 2. The molecule has 0 bridgehead atoms. The molecule has 0 aliphatic carbocycles. The maximum Gasteiger partial charge on any atom is 0.257 e. The number of hydrogen-bond acceptors (Lipinski definition) is 5. The zero-order valence-corrected chi connectivity index (χ0v) is 16.1. The number of carbonyl (C=O) groups excluding carboxylic acids is 1. The number of carbonyl (C=O) groups is 1. The molecule has 2 aromatic rings. The minimum Gasteiger partial charge on any atom is -0.464 e. The molecule has 0 radical (unpaired) electrons. The molecular weight excluding hydrogens is 332 g/mol. The second-order valence-corrected chi connectivity index (χ2v) is 6.96. The highest BCUT2D eigenvalue weighted by Crippen LogP contribution is 2.19. The summed E-state index contributed by atoms with van der Waals surface area (Å²) < 4.78 is 11.2. The Morgan fingerprint density at radius 2 is 2.04 bits per heavy atom. The number of H-pyrrole nitrogens is 1. The van der Waals surface area contributed by atoms with Crippen LogP contribution < -0.4 is 0 Å². The smallest absolute Gasteiger partial charge is 0.257 e. The Morgan fingerprint density at radius 1 is 1.31 bits per heavy atom. The topological polar surface area (TPSA) is 74.6 Å². The van der Waals surface area contributed by atoms with E-state index in [0.29, 0.717) is 24.4 Å². The van der Waals surface area contributed by atoms with Crippen molar-refractivity contribution in [3.63, 3.8) is 0 Å². The molecule has 3 rings (SSSR count). The van der Waals surface area contributed by atoms with Gasteiger partial charge in [-0.25, -0.2) is 0 Å². The van der Waals surface area contributed by atoms with Gasteiger partial charge >= 0.3 is 0 Å². The zero-order valence-electron chi connectivity index (χ0n) is 16.1. The Kier molecular flexibility index (Phi) is 5.78. The Bertz CT molecular complexity index is 739. The Labute approximate surface area is 154 Å². The summed E-state index contributed by atoms with van der Waals surface area (Å²) in [6, 6.07) is 1.89. The molecule has 1 fully saturated rings. The van der Waals surface area contributed by atoms with Crippen LogP contribution in [0.4, 0.5) is 0 Å². The molecule has 3 heterocycles. The van der Waals surface area contributed by atoms with E-state index in [1.54, 1.807) is 4.90 Å². The number of morpholine rings is 1. The van der Waals surface area contributed by atoms with Crippen molar-refractivity contribution in [1.82, 2.24) is 20.0 Å². The third-order valence-electron chi connectivity index (χ3n) is 5.01. The van der Waals surface area contributed by atoms with Gasteiger partial charge < -0.3 is 14.1 Å². The second kappa shape index (κ2) is 8.05. The van der Waals surface area contributed by atoms with Crippen LogP contribution >= 0.6 is 0 Å². The molecule has 26 heavy (non-hydrogen) atoms. The van der Waals surface area contributed by atoms with Crippen LogP contribution in [0.2, 0.25) is 0 Å². The van der Waals surface area contributed by atoms with E-state index in [-0.39, 0.29) is 5.91 Å². The molecule has 1 aliphatic heterocycles. The minimum atomic E-state index is -0.00159. The van der Waals surface area contributed by atoms with Crippen LogP contribution in [0.5, 0.6) is 0 Å². The number of nitrogens with zero attached hydrogens (tertiary/aromatic N) is 3. The molecular formula is C19H28N4O3. The molecule has 7 nitrogen and oxygen atoms in total. The number of hydrogen-bond donors (Lipinski definition) is 1. The molecule has 0 saturated carbocycles. The number of aromatic amines is 1. The van der Waals surface area contributed by atoms with E-state index in [1.807, 2.05) is 33.9 Å². The van der Waals surface area contributed by atoms with E-state index in [4.69, 9.17) is 9.15 Å². The van der Waals surface area contributed by atoms with Gasteiger partial charge in [-0.1, -0.05) is 0 Å². The summed E-state index contributed by atoms with van der Waals surface area (Å²) in [5.74, 6) is 1.52. The first kappa shape index (κ1) is 18.7. The van der Waals surface area contributed by atoms with E-state index < -0.39 is 0 Å². The molecule has 1 saturated heterocycles. The number of rotatable bonds is 6. The van der Waals surface area contributed by atoms with Gasteiger partial charge in [0.15, 0.2) is 0 Å². The normalized spacial score (nSPS) is 15.4. The van der Waals surface area contributed by atoms with Crippen molar-refractivity contribution < 1.29 is 13.9 Å². The molecule has 2 aromatic heterocycles. The van der Waals surface area contributed by atoms with Crippen molar-refractivity contribution >= 4 is 5.91 Å². The first-order chi connectivity index (χ1) is 12.5. The largest absolute Gasteiger partial charge is 0.464 e. The average Bonchev–Trinajstić information content (AvgIpc) is 3.15. The van der Waals surface area contributed by atoms with Gasteiger partial charge in [-0.15, -0.1) is 0 Å². The lowest BCUT2D eigenvalue weighted by Gasteiger charge is -2.25. The van der Waals surface area contributed by atoms with Crippen molar-refractivity contribution in [2.45, 2.75) is 33.7 Å². The second-order valence-electron chi connectivity index (χ2n) is 6.96. The summed E-state index contributed by atoms with van der Waals surface area (Å²) in [6.07, 6.45) is 0.786. The van der Waals surface area contributed by atoms with E-state index in [9.17, 15) is 4.79 Å². The number of ether oxygens (including phenoxy) is 1. The molecule has 0 aromatic carbocycles. The van der Waals surface area contributed by atoms with Crippen molar-refractivity contribution in [2.24, 2.45) is 0 Å². The molecule has 0 atom stereocenters. The minimum absolute atomic E-state index is 0.00159. The molecule has 0 unspecified atom stereocenters. The fourth-order valence-electron chi connectivity index (χ4n) is 3.34. The van der Waals surface area contributed by atoms with E-state index in [0.717, 1.165) is 49.9 Å². The van der Waals surface area contributed by atoms with Gasteiger partial charge in [0, 0.05) is 32.4 Å². The predicted molar refractivity (Wildman–Crippen MR) is 98.3 cm³/mol. The van der Waals surface area contributed by atoms with Gasteiger partial charge in [-0.2, -0.15) is 5.10 Å². The van der Waals surface area contributed by atoms with Gasteiger partial charge in [0.2, 0.25) is 0 Å². The van der Waals surface area contributed by atoms with Gasteiger partial charge in [-0.3, -0.25) is 14.8 Å². The first-order valence-corrected chi connectivity index (χ1v) is 9.11. The zero-order chi connectivity index (χ0) is 18.7. The SMILES string of the molecule is Cc1n[nH]c(C)c1CCN(C)C(=O)c1cc(CN2CCOCC2)oc1C. The van der Waals surface area contributed by atoms with Crippen molar-refractivity contribution in [3.8, 4) is 0 Å². The van der Waals surface area contributed by atoms with Crippen LogP contribution in [0.1, 0.15) is 38.8 Å². The lowest BCUT2D eigenvalue weighted by Crippen LogP contribution is -2.35. The fraction of sp³-hybridized carbons (Fsp3) is 0.579. The number of likely N-dealkylation sites (N-methyl/N-ethyl adjacent to an activating group) is 1. The van der Waals surface area contributed by atoms with Crippen molar-refractivity contribution in [3.05, 3.63) is 40.1 Å². The maximum absolute atomic E-state index is 12.8. The summed E-state index contributed by atoms with van der Waals surface area (Å²) in [4.78, 5) is 16.8. The maximum atomic E-state index is 12.8. The van der Waals surface area contributed by atoms with Gasteiger partial charge in [-0.05, 0) is 38.8 Å². The quantitative estimate of drug-likeness (QED) is 0.854. The van der Waals surface area contributed by atoms with Gasteiger partial charge in [0.05, 0.1) is 31.0 Å². The third-order valence-corrected chi connectivity index (χ3v) is 5.01. The summed E-state index contributed by atoms with van der Waals surface area (Å²) in [7, 11) is 1.83. The summed E-state index contributed by atoms with van der Waals surface area (Å²) >= 11 is 0. The predicted octanol–water partition coefficient (Wildman–Crippen LogP) is 2.07. The fourth-order valence-corrected chi connectivity index (χ4v) is 3.34. The van der Waals surface area contributed by atoms with Crippen LogP contribution in [-0.2, 0) is 17.7 Å². The molecule has 1 amide bonds. The highest BCUT2D eigenvalue weighted by Gasteiger charge is 2.21. The third kappa shape index (κ3) is 4.16. The Morgan fingerprint density at radius 3 is 2.69 bits per heavy atom. The van der Waals surface area contributed by atoms with Crippen LogP contribution in [0.3, 0.4) is 0 Å². The molecule has 142 valence electrons. The summed E-state index contributed by atoms with van der Waals surface area (Å²) in [5.41, 5.74) is 3.89. The number of nitrogens with one attached hydrogen (secondary N) is 1. The summed E-state index contributed by atoms with van der Waals surface area (Å²) in [6.45, 7) is 10.5. The molecule has 7 heteroatoms. The lowest BCUT2D eigenvalue weighted by molar-refractivity contribution is 0.0312. The van der Waals surface area contributed by atoms with E-state index >= 15 is 0 Å². The van der Waals surface area contributed by atoms with E-state index in [1.165, 1.54) is 5.56 Å². The lowest BCUT2D eigenvalue weighted by atomic mass is 10.1. The summed E-state index contributed by atoms with van der Waals surface area (Å²) in [5, 5.41) is 7.20. The first-order valence-electron chi connectivity index (χ1n) is 9.11. The molecule has 0 spiro atoms. The van der Waals surface area contributed by atoms with Gasteiger partial charge in [0.25, 0.3) is 5.91 Å². The van der Waals surface area contributed by atoms with Crippen molar-refractivity contribution in [2.75, 3.05) is 39.9 Å². The standard InChI is InChI=1S/C19H28N4O3/c1-13-17(14(2)21-20-13)5-6-22(4)19(24)18-11-16(26-15(18)3)12-23-7-9-25-10-8-23/h11H,5-10,12H2,1-4H3,(H,20,21). The average molecular weight is 360 g/mol. The van der Waals surface area contributed by atoms with Crippen LogP contribution in [0.25, 0.3) is 0 Å². The van der Waals surface area contributed by atoms with E-state index in [2.05, 4.69) is 15.1 Å². The van der Waals surface area contributed by atoms with Crippen LogP contribution in [0, 0.1) is 20.8 Å². The molecule has 1 N–H and O–H groups in total. The highest BCUT2D eigenvalue weighted by molar-refractivity contribution is 5.95. The number of furan rings is 1. The molecule has 1 aliphatic rings. The van der Waals surface area contributed by atoms with Crippen LogP contribution in [-0.4, -0.2) is 65.8 Å². The van der Waals surface area contributed by atoms with Gasteiger partial charge in [0.1, 0.15) is 11.5 Å². The van der Waals surface area contributed by atoms with Crippen molar-refractivity contribution in [1.29, 1.82) is 0 Å². The monoisotopic (exact) mass is 360 g/mol. The number of amides is 1.